The van der Waals surface area contributed by atoms with Gasteiger partial charge in [-0.3, -0.25) is 14.4 Å². The average molecular weight is 747 g/mol. The Labute approximate surface area is 308 Å². The second kappa shape index (κ2) is 18.8. The maximum Gasteiger partial charge on any atom is 0.446 e. The van der Waals surface area contributed by atoms with Gasteiger partial charge in [0.1, 0.15) is 0 Å². The molecule has 7 nitrogen and oxygen atoms in total. The number of halogens is 3. The number of hydrogen-bond acceptors (Lipinski definition) is 9. The van der Waals surface area contributed by atoms with Gasteiger partial charge in [0.2, 0.25) is 0 Å². The third-order valence-corrected chi connectivity index (χ3v) is 11.9. The average Bonchev–Trinajstić information content (AvgIpc) is 3.33. The van der Waals surface area contributed by atoms with Crippen molar-refractivity contribution in [3.8, 4) is 0 Å². The molecule has 2 fully saturated rings. The maximum absolute atomic E-state index is 13.8. The summed E-state index contributed by atoms with van der Waals surface area (Å²) in [6.45, 7) is 13.3. The SMILES string of the molecule is CC(C)N1CCN(CCC(CSc2ccccc2)Nc2ccc(SNC(=O)c3ccc(N4CCCN(C)CC4)cc3)cc2SC(F)(F)F)CC1. The molecule has 0 spiro atoms. The van der Waals surface area contributed by atoms with Crippen LogP contribution in [0.15, 0.2) is 87.5 Å². The highest BCUT2D eigenvalue weighted by molar-refractivity contribution is 8.00. The minimum absolute atomic E-state index is 0.0488. The Kier molecular flexibility index (Phi) is 14.5. The van der Waals surface area contributed by atoms with Crippen LogP contribution >= 0.6 is 35.5 Å². The number of piperazine rings is 1. The van der Waals surface area contributed by atoms with Crippen LogP contribution in [-0.2, 0) is 0 Å². The number of alkyl halides is 3. The van der Waals surface area contributed by atoms with E-state index in [4.69, 9.17) is 0 Å². The Hall–Kier alpha value is -2.55. The molecule has 2 N–H and O–H groups in total. The van der Waals surface area contributed by atoms with E-state index in [1.54, 1.807) is 36.0 Å². The fourth-order valence-corrected chi connectivity index (χ4v) is 8.54. The lowest BCUT2D eigenvalue weighted by atomic mass is 10.2. The number of thioether (sulfide) groups is 2. The highest BCUT2D eigenvalue weighted by Gasteiger charge is 2.31. The molecule has 0 bridgehead atoms. The quantitative estimate of drug-likeness (QED) is 0.127. The minimum Gasteiger partial charge on any atom is -0.381 e. The molecular weight excluding hydrogens is 698 g/mol. The van der Waals surface area contributed by atoms with Crippen LogP contribution in [0.2, 0.25) is 0 Å². The van der Waals surface area contributed by atoms with Crippen molar-refractivity contribution in [3.63, 3.8) is 0 Å². The standard InChI is InChI=1S/C37H49F3N6OS3/c1-28(2)45-24-21-44(22-25-45)19-16-30(27-48-32-8-5-4-6-9-32)41-34-15-14-33(26-35(34)49-37(38,39)40)50-42-36(47)29-10-12-31(13-11-29)46-18-7-17-43(3)20-23-46/h4-6,8-15,26,28,30,41H,7,16-25,27H2,1-3H3,(H,42,47). The van der Waals surface area contributed by atoms with E-state index in [-0.39, 0.29) is 28.6 Å². The molecule has 1 atom stereocenters. The smallest absolute Gasteiger partial charge is 0.381 e. The molecule has 272 valence electrons. The van der Waals surface area contributed by atoms with Gasteiger partial charge in [0.05, 0.1) is 0 Å². The van der Waals surface area contributed by atoms with Crippen LogP contribution in [0.5, 0.6) is 0 Å². The third-order valence-electron chi connectivity index (χ3n) is 9.14. The van der Waals surface area contributed by atoms with Crippen molar-refractivity contribution in [2.45, 2.75) is 59.0 Å². The molecule has 0 radical (unpaired) electrons. The second-order valence-corrected chi connectivity index (χ2v) is 16.2. The Morgan fingerprint density at radius 2 is 1.60 bits per heavy atom. The molecule has 13 heteroatoms. The zero-order chi connectivity index (χ0) is 35.5. The van der Waals surface area contributed by atoms with Gasteiger partial charge in [-0.2, -0.15) is 13.2 Å². The molecule has 0 aliphatic carbocycles. The molecular formula is C37H49F3N6OS3. The molecule has 2 aliphatic rings. The fraction of sp³-hybridized carbons (Fsp3) is 0.486. The molecule has 0 aromatic heterocycles. The molecule has 3 aromatic rings. The first kappa shape index (κ1) is 38.7. The highest BCUT2D eigenvalue weighted by atomic mass is 32.2. The summed E-state index contributed by atoms with van der Waals surface area (Å²) in [5, 5.41) is 3.48. The number of rotatable bonds is 14. The molecule has 1 unspecified atom stereocenters. The zero-order valence-corrected chi connectivity index (χ0v) is 31.6. The first-order valence-corrected chi connectivity index (χ1v) is 20.0. The normalized spacial score (nSPS) is 17.5. The lowest BCUT2D eigenvalue weighted by molar-refractivity contribution is -0.0328. The van der Waals surface area contributed by atoms with E-state index in [0.717, 1.165) is 94.3 Å². The monoisotopic (exact) mass is 746 g/mol. The van der Waals surface area contributed by atoms with Gasteiger partial charge >= 0.3 is 5.51 Å². The van der Waals surface area contributed by atoms with Gasteiger partial charge in [-0.05, 0) is 119 Å². The summed E-state index contributed by atoms with van der Waals surface area (Å²) in [4.78, 5) is 24.3. The lowest BCUT2D eigenvalue weighted by Gasteiger charge is -2.37. The van der Waals surface area contributed by atoms with Crippen molar-refractivity contribution < 1.29 is 18.0 Å². The molecule has 50 heavy (non-hydrogen) atoms. The molecule has 2 aliphatic heterocycles. The predicted molar refractivity (Wildman–Crippen MR) is 205 cm³/mol. The fourth-order valence-electron chi connectivity index (χ4n) is 6.16. The predicted octanol–water partition coefficient (Wildman–Crippen LogP) is 7.87. The van der Waals surface area contributed by atoms with Crippen LogP contribution in [0.3, 0.4) is 0 Å². The summed E-state index contributed by atoms with van der Waals surface area (Å²) in [7, 11) is 2.13. The van der Waals surface area contributed by atoms with Gasteiger partial charge in [-0.15, -0.1) is 11.8 Å². The highest BCUT2D eigenvalue weighted by Crippen LogP contribution is 2.42. The van der Waals surface area contributed by atoms with Crippen molar-refractivity contribution in [3.05, 3.63) is 78.4 Å². The van der Waals surface area contributed by atoms with Crippen molar-refractivity contribution in [1.82, 2.24) is 19.4 Å². The van der Waals surface area contributed by atoms with E-state index in [1.165, 1.54) is 6.07 Å². The first-order valence-electron chi connectivity index (χ1n) is 17.3. The van der Waals surface area contributed by atoms with Gasteiger partial charge in [-0.1, -0.05) is 18.2 Å². The molecule has 2 heterocycles. The van der Waals surface area contributed by atoms with Crippen LogP contribution in [0.4, 0.5) is 24.5 Å². The van der Waals surface area contributed by atoms with E-state index >= 15 is 0 Å². The van der Waals surface area contributed by atoms with Crippen molar-refractivity contribution in [2.24, 2.45) is 0 Å². The van der Waals surface area contributed by atoms with Crippen LogP contribution < -0.4 is 14.9 Å². The first-order chi connectivity index (χ1) is 24.0. The topological polar surface area (TPSA) is 54.1 Å². The zero-order valence-electron chi connectivity index (χ0n) is 29.1. The number of nitrogens with one attached hydrogen (secondary N) is 2. The molecule has 3 aromatic carbocycles. The third kappa shape index (κ3) is 12.3. The summed E-state index contributed by atoms with van der Waals surface area (Å²) >= 11 is 2.61. The van der Waals surface area contributed by atoms with Gasteiger partial charge in [0.25, 0.3) is 5.91 Å². The summed E-state index contributed by atoms with van der Waals surface area (Å²) in [5.41, 5.74) is -2.43. The van der Waals surface area contributed by atoms with Crippen LogP contribution in [-0.4, -0.2) is 110 Å². The summed E-state index contributed by atoms with van der Waals surface area (Å²) in [6, 6.07) is 23.1. The number of anilines is 2. The van der Waals surface area contributed by atoms with Crippen molar-refractivity contribution >= 4 is 52.8 Å². The van der Waals surface area contributed by atoms with E-state index in [2.05, 4.69) is 62.7 Å². The summed E-state index contributed by atoms with van der Waals surface area (Å²) in [6.07, 6.45) is 1.89. The molecule has 1 amide bonds. The number of nitrogens with zero attached hydrogens (tertiary/aromatic N) is 4. The number of carbonyl (C=O) groups is 1. The van der Waals surface area contributed by atoms with E-state index < -0.39 is 5.51 Å². The van der Waals surface area contributed by atoms with Crippen molar-refractivity contribution in [2.75, 3.05) is 81.9 Å². The second-order valence-electron chi connectivity index (χ2n) is 13.2. The van der Waals surface area contributed by atoms with Crippen LogP contribution in [0.1, 0.15) is 37.0 Å². The van der Waals surface area contributed by atoms with Crippen LogP contribution in [0.25, 0.3) is 0 Å². The van der Waals surface area contributed by atoms with Crippen LogP contribution in [0, 0.1) is 0 Å². The van der Waals surface area contributed by atoms with Gasteiger partial charge in [0.15, 0.2) is 0 Å². The number of carbonyl (C=O) groups excluding carboxylic acids is 1. The van der Waals surface area contributed by atoms with Crippen molar-refractivity contribution in [1.29, 1.82) is 0 Å². The van der Waals surface area contributed by atoms with E-state index in [0.29, 0.717) is 27.9 Å². The molecule has 5 rings (SSSR count). The Morgan fingerprint density at radius 3 is 2.30 bits per heavy atom. The minimum atomic E-state index is -4.46. The largest absolute Gasteiger partial charge is 0.446 e. The maximum atomic E-state index is 13.8. The number of likely N-dealkylation sites (N-methyl/N-ethyl adjacent to an activating group) is 1. The van der Waals surface area contributed by atoms with Gasteiger partial charge in [-0.25, -0.2) is 0 Å². The van der Waals surface area contributed by atoms with Gasteiger partial charge in [0, 0.05) is 102 Å². The Bertz CT molecular complexity index is 1490. The lowest BCUT2D eigenvalue weighted by Crippen LogP contribution is -2.49. The van der Waals surface area contributed by atoms with E-state index in [9.17, 15) is 18.0 Å². The number of hydrogen-bond donors (Lipinski definition) is 2. The summed E-state index contributed by atoms with van der Waals surface area (Å²) < 4.78 is 44.3. The number of benzene rings is 3. The Balaban J connectivity index is 1.23. The molecule has 2 saturated heterocycles. The summed E-state index contributed by atoms with van der Waals surface area (Å²) in [5.74, 6) is 0.420. The molecule has 0 saturated carbocycles. The van der Waals surface area contributed by atoms with Gasteiger partial charge < -0.3 is 20.0 Å². The van der Waals surface area contributed by atoms with E-state index in [1.807, 2.05) is 30.3 Å². The Morgan fingerprint density at radius 1 is 0.860 bits per heavy atom. The number of amides is 1.